The van der Waals surface area contributed by atoms with E-state index in [9.17, 15) is 9.18 Å². The third-order valence-corrected chi connectivity index (χ3v) is 5.24. The highest BCUT2D eigenvalue weighted by atomic mass is 19.1. The van der Waals surface area contributed by atoms with Crippen molar-refractivity contribution >= 4 is 11.5 Å². The van der Waals surface area contributed by atoms with Gasteiger partial charge in [0.25, 0.3) is 5.56 Å². The molecular formula is C19H18FN7O3. The normalized spacial score (nSPS) is 19.0. The Balaban J connectivity index is 1.35. The van der Waals surface area contributed by atoms with Crippen molar-refractivity contribution < 1.29 is 13.7 Å². The number of rotatable bonds is 4. The molecule has 11 heteroatoms. The van der Waals surface area contributed by atoms with Gasteiger partial charge < -0.3 is 15.0 Å². The molecular weight excluding hydrogens is 393 g/mol. The van der Waals surface area contributed by atoms with Gasteiger partial charge in [0, 0.05) is 11.5 Å². The first kappa shape index (κ1) is 18.4. The van der Waals surface area contributed by atoms with E-state index in [0.29, 0.717) is 29.9 Å². The van der Waals surface area contributed by atoms with Gasteiger partial charge in [-0.2, -0.15) is 10.1 Å². The van der Waals surface area contributed by atoms with Crippen molar-refractivity contribution in [2.75, 3.05) is 12.3 Å². The lowest BCUT2D eigenvalue weighted by atomic mass is 10.00. The predicted octanol–water partition coefficient (Wildman–Crippen LogP) is 1.60. The second kappa shape index (κ2) is 7.02. The number of hydrogen-bond acceptors (Lipinski definition) is 8. The minimum atomic E-state index is -0.335. The molecule has 0 radical (unpaired) electrons. The molecule has 1 aliphatic heterocycles. The fourth-order valence-electron chi connectivity index (χ4n) is 3.63. The van der Waals surface area contributed by atoms with Gasteiger partial charge in [0.15, 0.2) is 11.3 Å². The number of aryl methyl sites for hydroxylation is 1. The van der Waals surface area contributed by atoms with E-state index in [1.165, 1.54) is 21.3 Å². The van der Waals surface area contributed by atoms with Crippen LogP contribution in [0, 0.1) is 12.7 Å². The van der Waals surface area contributed by atoms with Crippen molar-refractivity contribution in [3.8, 4) is 0 Å². The van der Waals surface area contributed by atoms with Crippen LogP contribution in [0.15, 0.2) is 39.8 Å². The first-order valence-corrected chi connectivity index (χ1v) is 9.40. The van der Waals surface area contributed by atoms with Crippen LogP contribution < -0.4 is 11.3 Å². The summed E-state index contributed by atoms with van der Waals surface area (Å²) in [5.41, 5.74) is 7.53. The second-order valence-electron chi connectivity index (χ2n) is 7.27. The van der Waals surface area contributed by atoms with E-state index in [1.807, 2.05) is 0 Å². The Kier molecular flexibility index (Phi) is 4.31. The van der Waals surface area contributed by atoms with E-state index < -0.39 is 0 Å². The zero-order chi connectivity index (χ0) is 20.8. The molecule has 3 aromatic heterocycles. The van der Waals surface area contributed by atoms with Crippen LogP contribution in [0.25, 0.3) is 5.52 Å². The largest absolute Gasteiger partial charge is 0.373 e. The van der Waals surface area contributed by atoms with Crippen molar-refractivity contribution in [3.05, 3.63) is 69.5 Å². The monoisotopic (exact) mass is 411 g/mol. The SMILES string of the molecule is Cc1cnn2nc(N)n(Cc3nc([C@@H]4CO[C@@H](c5ccc(F)cc5)C4)no3)c(=O)c12. The number of halogens is 1. The summed E-state index contributed by atoms with van der Waals surface area (Å²) < 4.78 is 26.8. The third kappa shape index (κ3) is 3.12. The number of hydrogen-bond donors (Lipinski definition) is 1. The van der Waals surface area contributed by atoms with Crippen LogP contribution in [0.2, 0.25) is 0 Å². The Morgan fingerprint density at radius 2 is 2.10 bits per heavy atom. The predicted molar refractivity (Wildman–Crippen MR) is 102 cm³/mol. The maximum absolute atomic E-state index is 13.1. The standard InChI is InChI=1S/C19H18FN7O3/c1-10-7-22-27-16(10)18(28)26(19(21)24-27)8-15-23-17(25-30-15)12-6-14(29-9-12)11-2-4-13(20)5-3-11/h2-5,7,12,14H,6,8-9H2,1H3,(H2,21,24)/t12-,14+/m0/s1. The number of aromatic nitrogens is 6. The summed E-state index contributed by atoms with van der Waals surface area (Å²) in [6.45, 7) is 2.20. The van der Waals surface area contributed by atoms with Gasteiger partial charge in [0.2, 0.25) is 11.8 Å². The molecule has 1 saturated heterocycles. The summed E-state index contributed by atoms with van der Waals surface area (Å²) in [5, 5.41) is 12.2. The third-order valence-electron chi connectivity index (χ3n) is 5.24. The van der Waals surface area contributed by atoms with Crippen LogP contribution in [0.3, 0.4) is 0 Å². The highest BCUT2D eigenvalue weighted by molar-refractivity contribution is 5.51. The van der Waals surface area contributed by atoms with Crippen molar-refractivity contribution in [1.82, 2.24) is 29.5 Å². The lowest BCUT2D eigenvalue weighted by Crippen LogP contribution is -2.28. The van der Waals surface area contributed by atoms with Crippen LogP contribution in [0.4, 0.5) is 10.3 Å². The summed E-state index contributed by atoms with van der Waals surface area (Å²) >= 11 is 0. The minimum Gasteiger partial charge on any atom is -0.373 e. The summed E-state index contributed by atoms with van der Waals surface area (Å²) in [6.07, 6.45) is 2.04. The molecule has 1 aromatic carbocycles. The van der Waals surface area contributed by atoms with Gasteiger partial charge in [0.05, 0.1) is 18.9 Å². The topological polar surface area (TPSA) is 126 Å². The highest BCUT2D eigenvalue weighted by Gasteiger charge is 2.31. The lowest BCUT2D eigenvalue weighted by molar-refractivity contribution is 0.110. The molecule has 4 heterocycles. The molecule has 2 atom stereocenters. The van der Waals surface area contributed by atoms with Crippen LogP contribution in [0.5, 0.6) is 0 Å². The molecule has 1 aliphatic rings. The van der Waals surface area contributed by atoms with Crippen molar-refractivity contribution in [2.45, 2.75) is 31.9 Å². The Bertz CT molecular complexity index is 1280. The van der Waals surface area contributed by atoms with E-state index in [2.05, 4.69) is 20.3 Å². The average Bonchev–Trinajstić information content (AvgIpc) is 3.46. The highest BCUT2D eigenvalue weighted by Crippen LogP contribution is 2.37. The van der Waals surface area contributed by atoms with Gasteiger partial charge in [-0.1, -0.05) is 17.3 Å². The molecule has 154 valence electrons. The van der Waals surface area contributed by atoms with E-state index in [-0.39, 0.29) is 41.8 Å². The molecule has 0 amide bonds. The second-order valence-corrected chi connectivity index (χ2v) is 7.27. The number of benzene rings is 1. The molecule has 0 unspecified atom stereocenters. The molecule has 30 heavy (non-hydrogen) atoms. The Morgan fingerprint density at radius 3 is 2.90 bits per heavy atom. The molecule has 10 nitrogen and oxygen atoms in total. The Hall–Kier alpha value is -3.60. The van der Waals surface area contributed by atoms with Crippen molar-refractivity contribution in [1.29, 1.82) is 0 Å². The molecule has 4 aromatic rings. The fourth-order valence-corrected chi connectivity index (χ4v) is 3.63. The van der Waals surface area contributed by atoms with Crippen LogP contribution in [-0.2, 0) is 11.3 Å². The molecule has 0 spiro atoms. The first-order valence-electron chi connectivity index (χ1n) is 9.40. The summed E-state index contributed by atoms with van der Waals surface area (Å²) in [7, 11) is 0. The number of nitrogen functional groups attached to an aromatic ring is 1. The average molecular weight is 411 g/mol. The number of nitrogens with zero attached hydrogens (tertiary/aromatic N) is 6. The van der Waals surface area contributed by atoms with E-state index in [0.717, 1.165) is 5.56 Å². The Labute approximate surface area is 169 Å². The molecule has 2 N–H and O–H groups in total. The zero-order valence-corrected chi connectivity index (χ0v) is 16.0. The van der Waals surface area contributed by atoms with Crippen LogP contribution in [-0.4, -0.2) is 36.1 Å². The van der Waals surface area contributed by atoms with Gasteiger partial charge >= 0.3 is 0 Å². The summed E-state index contributed by atoms with van der Waals surface area (Å²) in [4.78, 5) is 17.2. The van der Waals surface area contributed by atoms with Gasteiger partial charge in [0.1, 0.15) is 12.4 Å². The fraction of sp³-hybridized carbons (Fsp3) is 0.316. The maximum Gasteiger partial charge on any atom is 0.281 e. The lowest BCUT2D eigenvalue weighted by Gasteiger charge is -2.08. The zero-order valence-electron chi connectivity index (χ0n) is 16.0. The Morgan fingerprint density at radius 1 is 1.30 bits per heavy atom. The van der Waals surface area contributed by atoms with Gasteiger partial charge in [-0.25, -0.2) is 4.39 Å². The van der Waals surface area contributed by atoms with Crippen molar-refractivity contribution in [2.24, 2.45) is 0 Å². The van der Waals surface area contributed by atoms with Crippen LogP contribution >= 0.6 is 0 Å². The smallest absolute Gasteiger partial charge is 0.281 e. The summed E-state index contributed by atoms with van der Waals surface area (Å²) in [6, 6.07) is 6.24. The molecule has 1 fully saturated rings. The maximum atomic E-state index is 13.1. The van der Waals surface area contributed by atoms with Crippen molar-refractivity contribution in [3.63, 3.8) is 0 Å². The van der Waals surface area contributed by atoms with Gasteiger partial charge in [-0.05, 0) is 31.0 Å². The van der Waals surface area contributed by atoms with E-state index in [4.69, 9.17) is 15.0 Å². The number of anilines is 1. The molecule has 5 rings (SSSR count). The first-order chi connectivity index (χ1) is 14.5. The molecule has 0 aliphatic carbocycles. The van der Waals surface area contributed by atoms with E-state index in [1.54, 1.807) is 25.3 Å². The number of nitrogens with two attached hydrogens (primary N) is 1. The van der Waals surface area contributed by atoms with E-state index >= 15 is 0 Å². The summed E-state index contributed by atoms with van der Waals surface area (Å²) in [5.74, 6) is 0.382. The number of fused-ring (bicyclic) bond motifs is 1. The minimum absolute atomic E-state index is 0.000749. The quantitative estimate of drug-likeness (QED) is 0.537. The number of ether oxygens (including phenoxy) is 1. The molecule has 0 saturated carbocycles. The molecule has 0 bridgehead atoms. The van der Waals surface area contributed by atoms with Gasteiger partial charge in [-0.15, -0.1) is 9.73 Å². The van der Waals surface area contributed by atoms with Gasteiger partial charge in [-0.3, -0.25) is 9.36 Å². The van der Waals surface area contributed by atoms with Crippen LogP contribution in [0.1, 0.15) is 41.3 Å².